The number of thiazole rings is 1. The first-order valence-corrected chi connectivity index (χ1v) is 6.69. The van der Waals surface area contributed by atoms with Gasteiger partial charge in [0, 0.05) is 26.2 Å². The van der Waals surface area contributed by atoms with Crippen LogP contribution in [-0.2, 0) is 4.74 Å². The lowest BCUT2D eigenvalue weighted by atomic mass is 10.3. The third-order valence-corrected chi connectivity index (χ3v) is 3.50. The minimum Gasteiger partial charge on any atom is -0.450 e. The molecule has 1 aromatic heterocycles. The molecular weight excluding hydrogens is 254 g/mol. The van der Waals surface area contributed by atoms with E-state index < -0.39 is 0 Å². The van der Waals surface area contributed by atoms with Crippen LogP contribution in [0.1, 0.15) is 16.6 Å². The van der Waals surface area contributed by atoms with Gasteiger partial charge in [0.25, 0.3) is 5.91 Å². The zero-order chi connectivity index (χ0) is 13.0. The Hall–Kier alpha value is -1.63. The van der Waals surface area contributed by atoms with Crippen molar-refractivity contribution in [2.45, 2.75) is 6.92 Å². The lowest BCUT2D eigenvalue weighted by Gasteiger charge is -2.33. The Bertz CT molecular complexity index is 413. The van der Waals surface area contributed by atoms with Crippen LogP contribution < -0.4 is 0 Å². The molecule has 1 aliphatic rings. The van der Waals surface area contributed by atoms with Gasteiger partial charge in [0.2, 0.25) is 0 Å². The summed E-state index contributed by atoms with van der Waals surface area (Å²) in [6.07, 6.45) is 1.27. The van der Waals surface area contributed by atoms with E-state index in [0.29, 0.717) is 37.7 Å². The molecule has 7 heteroatoms. The van der Waals surface area contributed by atoms with Crippen LogP contribution in [0.2, 0.25) is 0 Å². The summed E-state index contributed by atoms with van der Waals surface area (Å²) in [5, 5.41) is 0. The molecule has 98 valence electrons. The quantitative estimate of drug-likeness (QED) is 0.805. The van der Waals surface area contributed by atoms with Crippen LogP contribution in [0.4, 0.5) is 4.79 Å². The van der Waals surface area contributed by atoms with Crippen LogP contribution >= 0.6 is 11.3 Å². The van der Waals surface area contributed by atoms with Gasteiger partial charge in [-0.15, -0.1) is 11.3 Å². The molecule has 1 saturated heterocycles. The van der Waals surface area contributed by atoms with Crippen LogP contribution in [-0.4, -0.2) is 59.6 Å². The number of carbonyl (C=O) groups excluding carboxylic acids is 2. The number of rotatable bonds is 2. The van der Waals surface area contributed by atoms with E-state index in [9.17, 15) is 9.59 Å². The molecule has 1 aromatic rings. The third-order valence-electron chi connectivity index (χ3n) is 2.74. The van der Waals surface area contributed by atoms with Crippen molar-refractivity contribution in [2.75, 3.05) is 32.8 Å². The van der Waals surface area contributed by atoms with E-state index in [1.54, 1.807) is 28.4 Å². The molecule has 0 aromatic carbocycles. The van der Waals surface area contributed by atoms with Crippen LogP contribution in [0.15, 0.2) is 11.7 Å². The topological polar surface area (TPSA) is 62.7 Å². The fourth-order valence-electron chi connectivity index (χ4n) is 1.78. The van der Waals surface area contributed by atoms with Crippen molar-refractivity contribution in [1.29, 1.82) is 0 Å². The molecule has 18 heavy (non-hydrogen) atoms. The molecule has 0 saturated carbocycles. The van der Waals surface area contributed by atoms with E-state index in [1.165, 1.54) is 11.3 Å². The van der Waals surface area contributed by atoms with Gasteiger partial charge in [-0.3, -0.25) is 9.78 Å². The average molecular weight is 269 g/mol. The van der Waals surface area contributed by atoms with Crippen molar-refractivity contribution in [3.63, 3.8) is 0 Å². The van der Waals surface area contributed by atoms with E-state index >= 15 is 0 Å². The molecule has 6 nitrogen and oxygen atoms in total. The number of amides is 2. The molecule has 0 unspecified atom stereocenters. The lowest BCUT2D eigenvalue weighted by Crippen LogP contribution is -2.50. The van der Waals surface area contributed by atoms with Gasteiger partial charge in [-0.05, 0) is 6.92 Å². The number of carbonyl (C=O) groups is 2. The number of hydrogen-bond acceptors (Lipinski definition) is 5. The predicted octanol–water partition coefficient (Wildman–Crippen LogP) is 1.06. The predicted molar refractivity (Wildman–Crippen MR) is 66.6 cm³/mol. The standard InChI is InChI=1S/C11H15N3O3S/c1-2-17-11(16)14-5-3-13(4-6-14)10(15)9-7-12-8-18-9/h7-8H,2-6H2,1H3. The summed E-state index contributed by atoms with van der Waals surface area (Å²) >= 11 is 1.33. The molecule has 2 heterocycles. The van der Waals surface area contributed by atoms with Crippen molar-refractivity contribution >= 4 is 23.3 Å². The molecule has 0 bridgehead atoms. The number of aromatic nitrogens is 1. The molecule has 1 fully saturated rings. The Kier molecular flexibility index (Phi) is 4.14. The molecule has 0 radical (unpaired) electrons. The molecule has 2 amide bonds. The summed E-state index contributed by atoms with van der Waals surface area (Å²) in [7, 11) is 0. The first-order valence-electron chi connectivity index (χ1n) is 5.82. The Morgan fingerprint density at radius 1 is 1.33 bits per heavy atom. The second-order valence-corrected chi connectivity index (χ2v) is 4.73. The molecule has 0 spiro atoms. The van der Waals surface area contributed by atoms with Crippen LogP contribution in [0.5, 0.6) is 0 Å². The van der Waals surface area contributed by atoms with Gasteiger partial charge in [0.1, 0.15) is 4.88 Å². The Balaban J connectivity index is 1.87. The fraction of sp³-hybridized carbons (Fsp3) is 0.545. The van der Waals surface area contributed by atoms with Crippen molar-refractivity contribution in [1.82, 2.24) is 14.8 Å². The van der Waals surface area contributed by atoms with Crippen LogP contribution in [0, 0.1) is 0 Å². The number of hydrogen-bond donors (Lipinski definition) is 0. The van der Waals surface area contributed by atoms with E-state index in [-0.39, 0.29) is 12.0 Å². The number of ether oxygens (including phenoxy) is 1. The molecular formula is C11H15N3O3S. The van der Waals surface area contributed by atoms with E-state index in [1.807, 2.05) is 0 Å². The highest BCUT2D eigenvalue weighted by Crippen LogP contribution is 2.12. The van der Waals surface area contributed by atoms with Crippen molar-refractivity contribution in [3.8, 4) is 0 Å². The highest BCUT2D eigenvalue weighted by atomic mass is 32.1. The van der Waals surface area contributed by atoms with Gasteiger partial charge >= 0.3 is 6.09 Å². The summed E-state index contributed by atoms with van der Waals surface area (Å²) in [4.78, 5) is 31.4. The van der Waals surface area contributed by atoms with Crippen molar-refractivity contribution in [3.05, 3.63) is 16.6 Å². The van der Waals surface area contributed by atoms with Gasteiger partial charge in [-0.25, -0.2) is 4.79 Å². The van der Waals surface area contributed by atoms with E-state index in [4.69, 9.17) is 4.74 Å². The largest absolute Gasteiger partial charge is 0.450 e. The molecule has 0 atom stereocenters. The van der Waals surface area contributed by atoms with Gasteiger partial charge in [-0.2, -0.15) is 0 Å². The second kappa shape index (κ2) is 5.81. The summed E-state index contributed by atoms with van der Waals surface area (Å²) in [5.74, 6) is -0.0130. The zero-order valence-corrected chi connectivity index (χ0v) is 11.0. The molecule has 0 aliphatic carbocycles. The first kappa shape index (κ1) is 12.8. The Morgan fingerprint density at radius 2 is 2.00 bits per heavy atom. The fourth-order valence-corrected chi connectivity index (χ4v) is 2.37. The van der Waals surface area contributed by atoms with Crippen LogP contribution in [0.25, 0.3) is 0 Å². The SMILES string of the molecule is CCOC(=O)N1CCN(C(=O)c2cncs2)CC1. The Morgan fingerprint density at radius 3 is 2.56 bits per heavy atom. The van der Waals surface area contributed by atoms with Crippen molar-refractivity contribution in [2.24, 2.45) is 0 Å². The Labute approximate surface area is 109 Å². The molecule has 2 rings (SSSR count). The van der Waals surface area contributed by atoms with Gasteiger partial charge < -0.3 is 14.5 Å². The maximum Gasteiger partial charge on any atom is 0.409 e. The maximum atomic E-state index is 12.0. The third kappa shape index (κ3) is 2.79. The van der Waals surface area contributed by atoms with Crippen molar-refractivity contribution < 1.29 is 14.3 Å². The summed E-state index contributed by atoms with van der Waals surface area (Å²) < 4.78 is 4.92. The summed E-state index contributed by atoms with van der Waals surface area (Å²) in [6.45, 7) is 4.26. The highest BCUT2D eigenvalue weighted by Gasteiger charge is 2.25. The first-order chi connectivity index (χ1) is 8.72. The maximum absolute atomic E-state index is 12.0. The molecule has 1 aliphatic heterocycles. The van der Waals surface area contributed by atoms with Gasteiger partial charge in [0.15, 0.2) is 0 Å². The summed E-state index contributed by atoms with van der Waals surface area (Å²) in [6, 6.07) is 0. The van der Waals surface area contributed by atoms with Gasteiger partial charge in [-0.1, -0.05) is 0 Å². The van der Waals surface area contributed by atoms with Crippen LogP contribution in [0.3, 0.4) is 0 Å². The van der Waals surface area contributed by atoms with E-state index in [0.717, 1.165) is 0 Å². The number of nitrogens with zero attached hydrogens (tertiary/aromatic N) is 3. The second-order valence-electron chi connectivity index (χ2n) is 3.84. The lowest BCUT2D eigenvalue weighted by molar-refractivity contribution is 0.0574. The monoisotopic (exact) mass is 269 g/mol. The smallest absolute Gasteiger partial charge is 0.409 e. The zero-order valence-electron chi connectivity index (χ0n) is 10.2. The van der Waals surface area contributed by atoms with Gasteiger partial charge in [0.05, 0.1) is 18.3 Å². The minimum atomic E-state index is -0.303. The normalized spacial score (nSPS) is 15.6. The average Bonchev–Trinajstić information content (AvgIpc) is 2.92. The minimum absolute atomic E-state index is 0.0130. The summed E-state index contributed by atoms with van der Waals surface area (Å²) in [5.41, 5.74) is 1.64. The van der Waals surface area contributed by atoms with E-state index in [2.05, 4.69) is 4.98 Å². The number of piperazine rings is 1. The molecule has 0 N–H and O–H groups in total. The highest BCUT2D eigenvalue weighted by molar-refractivity contribution is 7.11.